The minimum atomic E-state index is -1.36. The van der Waals surface area contributed by atoms with Gasteiger partial charge in [0.2, 0.25) is 0 Å². The van der Waals surface area contributed by atoms with Crippen LogP contribution in [-0.4, -0.2) is 35.8 Å². The Morgan fingerprint density at radius 3 is 2.54 bits per heavy atom. The second-order valence-electron chi connectivity index (χ2n) is 5.66. The highest BCUT2D eigenvalue weighted by atomic mass is 16.6. The number of ether oxygens (including phenoxy) is 1. The van der Waals surface area contributed by atoms with Crippen molar-refractivity contribution in [3.63, 3.8) is 0 Å². The first-order chi connectivity index (χ1) is 12.4. The Bertz CT molecular complexity index is 924. The van der Waals surface area contributed by atoms with Crippen molar-refractivity contribution in [2.75, 3.05) is 11.9 Å². The molecule has 0 saturated carbocycles. The number of esters is 1. The Morgan fingerprint density at radius 2 is 1.92 bits per heavy atom. The number of non-ortho nitro benzene ring substituents is 1. The van der Waals surface area contributed by atoms with E-state index >= 15 is 0 Å². The van der Waals surface area contributed by atoms with Crippen LogP contribution in [0.5, 0.6) is 0 Å². The Hall–Kier alpha value is -3.55. The molecule has 8 heteroatoms. The second-order valence-corrected chi connectivity index (χ2v) is 5.66. The van der Waals surface area contributed by atoms with E-state index in [0.29, 0.717) is 22.5 Å². The molecule has 0 N–H and O–H groups in total. The van der Waals surface area contributed by atoms with Crippen molar-refractivity contribution in [1.29, 1.82) is 0 Å². The van der Waals surface area contributed by atoms with Crippen molar-refractivity contribution < 1.29 is 19.2 Å². The first kappa shape index (κ1) is 17.3. The molecule has 26 heavy (non-hydrogen) atoms. The number of fused-ring (bicyclic) bond motifs is 1. The predicted octanol–water partition coefficient (Wildman–Crippen LogP) is 2.30. The Labute approximate surface area is 148 Å². The summed E-state index contributed by atoms with van der Waals surface area (Å²) in [6.45, 7) is 1.19. The largest absolute Gasteiger partial charge is 0.430 e. The molecule has 1 aliphatic heterocycles. The molecule has 0 radical (unpaired) electrons. The van der Waals surface area contributed by atoms with Crippen LogP contribution in [0.2, 0.25) is 0 Å². The molecule has 3 rings (SSSR count). The van der Waals surface area contributed by atoms with Gasteiger partial charge in [0.25, 0.3) is 17.8 Å². The fraction of sp³-hybridized carbons (Fsp3) is 0.167. The van der Waals surface area contributed by atoms with Gasteiger partial charge in [-0.1, -0.05) is 30.3 Å². The molecule has 0 fully saturated rings. The highest BCUT2D eigenvalue weighted by molar-refractivity contribution is 6.20. The summed E-state index contributed by atoms with van der Waals surface area (Å²) in [6.07, 6.45) is -1.36. The van der Waals surface area contributed by atoms with Crippen molar-refractivity contribution in [2.24, 2.45) is 4.99 Å². The maximum absolute atomic E-state index is 12.6. The van der Waals surface area contributed by atoms with Gasteiger partial charge >= 0.3 is 5.97 Å². The van der Waals surface area contributed by atoms with E-state index in [1.807, 2.05) is 6.07 Å². The van der Waals surface area contributed by atoms with Crippen molar-refractivity contribution >= 4 is 29.0 Å². The number of benzodiazepines with no additional fused rings is 1. The molecule has 1 amide bonds. The third-order valence-corrected chi connectivity index (χ3v) is 3.92. The third-order valence-electron chi connectivity index (χ3n) is 3.92. The Morgan fingerprint density at radius 1 is 1.23 bits per heavy atom. The van der Waals surface area contributed by atoms with Crippen LogP contribution in [0.1, 0.15) is 18.1 Å². The van der Waals surface area contributed by atoms with Crippen LogP contribution in [0, 0.1) is 10.1 Å². The van der Waals surface area contributed by atoms with E-state index in [0.717, 1.165) is 0 Å². The summed E-state index contributed by atoms with van der Waals surface area (Å²) < 4.78 is 5.06. The van der Waals surface area contributed by atoms with E-state index in [4.69, 9.17) is 4.74 Å². The van der Waals surface area contributed by atoms with E-state index in [1.165, 1.54) is 37.1 Å². The standard InChI is InChI=1S/C18H15N3O5/c1-11(22)26-17-18(23)20(2)15-9-8-13(21(24)25)10-14(15)16(19-17)12-6-4-3-5-7-12/h3-10,17H,1-2H3. The van der Waals surface area contributed by atoms with E-state index in [-0.39, 0.29) is 5.69 Å². The molecule has 1 unspecified atom stereocenters. The number of likely N-dealkylation sites (N-methyl/N-ethyl adjacent to an activating group) is 1. The maximum Gasteiger partial charge on any atom is 0.305 e. The van der Waals surface area contributed by atoms with Crippen LogP contribution >= 0.6 is 0 Å². The van der Waals surface area contributed by atoms with E-state index in [9.17, 15) is 19.7 Å². The van der Waals surface area contributed by atoms with Crippen LogP contribution in [0.25, 0.3) is 0 Å². The van der Waals surface area contributed by atoms with Gasteiger partial charge in [-0.15, -0.1) is 0 Å². The van der Waals surface area contributed by atoms with Gasteiger partial charge in [-0.05, 0) is 6.07 Å². The zero-order valence-corrected chi connectivity index (χ0v) is 14.1. The minimum Gasteiger partial charge on any atom is -0.430 e. The number of nitrogens with zero attached hydrogens (tertiary/aromatic N) is 3. The summed E-state index contributed by atoms with van der Waals surface area (Å²) in [5, 5.41) is 11.2. The van der Waals surface area contributed by atoms with Crippen molar-refractivity contribution in [3.05, 3.63) is 69.8 Å². The highest BCUT2D eigenvalue weighted by Gasteiger charge is 2.32. The number of carbonyl (C=O) groups is 2. The number of amides is 1. The zero-order valence-electron chi connectivity index (χ0n) is 14.1. The monoisotopic (exact) mass is 353 g/mol. The lowest BCUT2D eigenvalue weighted by Crippen LogP contribution is -2.37. The molecule has 1 atom stereocenters. The normalized spacial score (nSPS) is 16.4. The Balaban J connectivity index is 2.26. The van der Waals surface area contributed by atoms with Crippen molar-refractivity contribution in [2.45, 2.75) is 13.2 Å². The number of rotatable bonds is 3. The zero-order chi connectivity index (χ0) is 18.8. The van der Waals surface area contributed by atoms with E-state index in [1.54, 1.807) is 24.3 Å². The van der Waals surface area contributed by atoms with Crippen LogP contribution < -0.4 is 4.90 Å². The lowest BCUT2D eigenvalue weighted by atomic mass is 9.99. The van der Waals surface area contributed by atoms with Gasteiger partial charge < -0.3 is 9.64 Å². The van der Waals surface area contributed by atoms with Crippen LogP contribution in [0.4, 0.5) is 11.4 Å². The lowest BCUT2D eigenvalue weighted by Gasteiger charge is -2.19. The average molecular weight is 353 g/mol. The fourth-order valence-electron chi connectivity index (χ4n) is 2.71. The molecule has 0 bridgehead atoms. The number of benzene rings is 2. The molecule has 0 saturated heterocycles. The van der Waals surface area contributed by atoms with Crippen LogP contribution in [0.3, 0.4) is 0 Å². The van der Waals surface area contributed by atoms with Crippen molar-refractivity contribution in [3.8, 4) is 0 Å². The molecule has 2 aromatic rings. The third kappa shape index (κ3) is 3.16. The average Bonchev–Trinajstić information content (AvgIpc) is 2.72. The van der Waals surface area contributed by atoms with Gasteiger partial charge in [0, 0.05) is 37.2 Å². The van der Waals surface area contributed by atoms with Gasteiger partial charge in [-0.2, -0.15) is 0 Å². The Kier molecular flexibility index (Phi) is 4.49. The fourth-order valence-corrected chi connectivity index (χ4v) is 2.71. The smallest absolute Gasteiger partial charge is 0.305 e. The summed E-state index contributed by atoms with van der Waals surface area (Å²) in [5.74, 6) is -1.19. The second kappa shape index (κ2) is 6.75. The van der Waals surface area contributed by atoms with Crippen molar-refractivity contribution in [1.82, 2.24) is 0 Å². The van der Waals surface area contributed by atoms with Gasteiger partial charge in [0.05, 0.1) is 16.3 Å². The topological polar surface area (TPSA) is 102 Å². The summed E-state index contributed by atoms with van der Waals surface area (Å²) in [5.41, 5.74) is 1.72. The predicted molar refractivity (Wildman–Crippen MR) is 94.1 cm³/mol. The number of nitro benzene ring substituents is 1. The number of nitro groups is 1. The number of anilines is 1. The van der Waals surface area contributed by atoms with Crippen LogP contribution in [0.15, 0.2) is 53.5 Å². The first-order valence-corrected chi connectivity index (χ1v) is 7.75. The summed E-state index contributed by atoms with van der Waals surface area (Å²) in [6, 6.07) is 13.1. The minimum absolute atomic E-state index is 0.126. The van der Waals surface area contributed by atoms with Gasteiger partial charge in [0.15, 0.2) is 0 Å². The molecule has 1 aliphatic rings. The quantitative estimate of drug-likeness (QED) is 0.479. The molecule has 8 nitrogen and oxygen atoms in total. The van der Waals surface area contributed by atoms with E-state index < -0.39 is 23.0 Å². The van der Waals surface area contributed by atoms with Gasteiger partial charge in [-0.3, -0.25) is 19.7 Å². The number of carbonyl (C=O) groups excluding carboxylic acids is 2. The number of aliphatic imine (C=N–C) groups is 1. The van der Waals surface area contributed by atoms with Crippen LogP contribution in [-0.2, 0) is 14.3 Å². The highest BCUT2D eigenvalue weighted by Crippen LogP contribution is 2.31. The molecule has 0 aromatic heterocycles. The summed E-state index contributed by atoms with van der Waals surface area (Å²) in [7, 11) is 1.51. The summed E-state index contributed by atoms with van der Waals surface area (Å²) >= 11 is 0. The lowest BCUT2D eigenvalue weighted by molar-refractivity contribution is -0.384. The molecule has 0 aliphatic carbocycles. The number of hydrogen-bond donors (Lipinski definition) is 0. The molecular formula is C18H15N3O5. The molecule has 0 spiro atoms. The molecule has 1 heterocycles. The van der Waals surface area contributed by atoms with Gasteiger partial charge in [-0.25, -0.2) is 4.99 Å². The number of hydrogen-bond acceptors (Lipinski definition) is 6. The van der Waals surface area contributed by atoms with E-state index in [2.05, 4.69) is 4.99 Å². The molecular weight excluding hydrogens is 338 g/mol. The SMILES string of the molecule is CC(=O)OC1N=C(c2ccccc2)c2cc([N+](=O)[O-])ccc2N(C)C1=O. The maximum atomic E-state index is 12.6. The summed E-state index contributed by atoms with van der Waals surface area (Å²) in [4.78, 5) is 40.3. The first-order valence-electron chi connectivity index (χ1n) is 7.75. The molecule has 132 valence electrons. The molecule has 2 aromatic carbocycles. The van der Waals surface area contributed by atoms with Gasteiger partial charge in [0.1, 0.15) is 0 Å².